The number of alkyl halides is 3. The SMILES string of the molecule is O=c1c(Cl)c(N2C[C@H]3CNC[C@H]3C2)cnn1CC(F)(F)F. The maximum Gasteiger partial charge on any atom is 0.408 e. The first kappa shape index (κ1) is 14.6. The average molecular weight is 323 g/mol. The summed E-state index contributed by atoms with van der Waals surface area (Å²) in [6.45, 7) is 1.87. The van der Waals surface area contributed by atoms with Gasteiger partial charge in [-0.15, -0.1) is 0 Å². The van der Waals surface area contributed by atoms with E-state index in [2.05, 4.69) is 10.4 Å². The van der Waals surface area contributed by atoms with Crippen molar-refractivity contribution >= 4 is 17.3 Å². The minimum absolute atomic E-state index is 0.192. The number of aromatic nitrogens is 2. The minimum Gasteiger partial charge on any atom is -0.368 e. The zero-order valence-electron chi connectivity index (χ0n) is 11.0. The molecule has 5 nitrogen and oxygen atoms in total. The van der Waals surface area contributed by atoms with Crippen LogP contribution in [0, 0.1) is 11.8 Å². The Bertz CT molecular complexity index is 591. The summed E-state index contributed by atoms with van der Waals surface area (Å²) in [4.78, 5) is 13.8. The number of nitrogens with zero attached hydrogens (tertiary/aromatic N) is 3. The van der Waals surface area contributed by atoms with Crippen LogP contribution >= 0.6 is 11.6 Å². The summed E-state index contributed by atoms with van der Waals surface area (Å²) in [5.41, 5.74) is -0.476. The van der Waals surface area contributed by atoms with Gasteiger partial charge >= 0.3 is 6.18 Å². The summed E-state index contributed by atoms with van der Waals surface area (Å²) in [6.07, 6.45) is -3.25. The molecule has 0 aromatic carbocycles. The van der Waals surface area contributed by atoms with Crippen LogP contribution in [0.5, 0.6) is 0 Å². The van der Waals surface area contributed by atoms with Crippen LogP contribution in [-0.4, -0.2) is 42.1 Å². The fourth-order valence-corrected chi connectivity index (χ4v) is 3.28. The van der Waals surface area contributed by atoms with Gasteiger partial charge in [-0.1, -0.05) is 11.6 Å². The fraction of sp³-hybridized carbons (Fsp3) is 0.667. The predicted molar refractivity (Wildman–Crippen MR) is 71.6 cm³/mol. The van der Waals surface area contributed by atoms with E-state index in [1.54, 1.807) is 0 Å². The Morgan fingerprint density at radius 3 is 2.52 bits per heavy atom. The Morgan fingerprint density at radius 2 is 1.95 bits per heavy atom. The van der Waals surface area contributed by atoms with Gasteiger partial charge in [-0.05, 0) is 11.8 Å². The summed E-state index contributed by atoms with van der Waals surface area (Å²) in [6, 6.07) is 0. The third kappa shape index (κ3) is 2.87. The third-order valence-corrected chi connectivity index (χ3v) is 4.38. The fourth-order valence-electron chi connectivity index (χ4n) is 3.01. The Kier molecular flexibility index (Phi) is 3.61. The normalized spacial score (nSPS) is 25.4. The quantitative estimate of drug-likeness (QED) is 0.886. The molecule has 2 fully saturated rings. The van der Waals surface area contributed by atoms with Crippen LogP contribution in [0.4, 0.5) is 18.9 Å². The molecule has 2 saturated heterocycles. The van der Waals surface area contributed by atoms with Gasteiger partial charge in [0.2, 0.25) is 0 Å². The molecule has 1 N–H and O–H groups in total. The van der Waals surface area contributed by atoms with Crippen molar-refractivity contribution in [2.45, 2.75) is 12.7 Å². The van der Waals surface area contributed by atoms with Gasteiger partial charge in [-0.3, -0.25) is 4.79 Å². The van der Waals surface area contributed by atoms with E-state index in [1.165, 1.54) is 6.20 Å². The van der Waals surface area contributed by atoms with E-state index in [1.807, 2.05) is 4.90 Å². The largest absolute Gasteiger partial charge is 0.408 e. The predicted octanol–water partition coefficient (Wildman–Crippen LogP) is 1.11. The van der Waals surface area contributed by atoms with Gasteiger partial charge < -0.3 is 10.2 Å². The Hall–Kier alpha value is -1.28. The average Bonchev–Trinajstić information content (AvgIpc) is 2.94. The van der Waals surface area contributed by atoms with Gasteiger partial charge in [0.05, 0.1) is 11.9 Å². The second-order valence-electron chi connectivity index (χ2n) is 5.51. The lowest BCUT2D eigenvalue weighted by Gasteiger charge is -2.21. The highest BCUT2D eigenvalue weighted by Crippen LogP contribution is 2.32. The Labute approximate surface area is 123 Å². The van der Waals surface area contributed by atoms with Crippen LogP contribution in [0.3, 0.4) is 0 Å². The number of rotatable bonds is 2. The number of hydrogen-bond acceptors (Lipinski definition) is 4. The van der Waals surface area contributed by atoms with Crippen molar-refractivity contribution in [1.29, 1.82) is 0 Å². The molecule has 21 heavy (non-hydrogen) atoms. The molecular weight excluding hydrogens is 309 g/mol. The van der Waals surface area contributed by atoms with E-state index >= 15 is 0 Å². The van der Waals surface area contributed by atoms with E-state index < -0.39 is 18.3 Å². The number of anilines is 1. The third-order valence-electron chi connectivity index (χ3n) is 4.03. The van der Waals surface area contributed by atoms with E-state index in [9.17, 15) is 18.0 Å². The van der Waals surface area contributed by atoms with Crippen molar-refractivity contribution < 1.29 is 13.2 Å². The summed E-state index contributed by atoms with van der Waals surface area (Å²) < 4.78 is 37.4. The van der Waals surface area contributed by atoms with Crippen molar-refractivity contribution in [2.75, 3.05) is 31.1 Å². The topological polar surface area (TPSA) is 50.2 Å². The van der Waals surface area contributed by atoms with E-state index in [0.717, 1.165) is 26.2 Å². The lowest BCUT2D eigenvalue weighted by atomic mass is 10.0. The van der Waals surface area contributed by atoms with Crippen LogP contribution in [-0.2, 0) is 6.54 Å². The van der Waals surface area contributed by atoms with Crippen molar-refractivity contribution in [3.8, 4) is 0 Å². The molecular formula is C12H14ClF3N4O. The smallest absolute Gasteiger partial charge is 0.368 e. The molecule has 3 rings (SSSR count). The Morgan fingerprint density at radius 1 is 1.33 bits per heavy atom. The molecule has 2 aliphatic rings. The lowest BCUT2D eigenvalue weighted by molar-refractivity contribution is -0.143. The van der Waals surface area contributed by atoms with Gasteiger partial charge in [0, 0.05) is 26.2 Å². The van der Waals surface area contributed by atoms with Crippen LogP contribution in [0.15, 0.2) is 11.0 Å². The van der Waals surface area contributed by atoms with Crippen LogP contribution < -0.4 is 15.8 Å². The zero-order valence-corrected chi connectivity index (χ0v) is 11.8. The standard InChI is InChI=1S/C12H14ClF3N4O/c13-10-9(19-4-7-1-17-2-8(7)5-19)3-18-20(11(10)21)6-12(14,15)16/h3,7-8,17H,1-2,4-6H2/t7-,8+. The molecule has 9 heteroatoms. The molecule has 0 spiro atoms. The summed E-state index contributed by atoms with van der Waals surface area (Å²) >= 11 is 5.97. The monoisotopic (exact) mass is 322 g/mol. The van der Waals surface area contributed by atoms with Crippen LogP contribution in [0.2, 0.25) is 5.02 Å². The van der Waals surface area contributed by atoms with E-state index in [-0.39, 0.29) is 5.02 Å². The lowest BCUT2D eigenvalue weighted by Crippen LogP contribution is -2.33. The molecule has 1 aromatic rings. The van der Waals surface area contributed by atoms with Crippen molar-refractivity contribution in [2.24, 2.45) is 11.8 Å². The van der Waals surface area contributed by atoms with Gasteiger partial charge in [0.1, 0.15) is 11.6 Å². The first-order valence-electron chi connectivity index (χ1n) is 6.63. The Balaban J connectivity index is 1.85. The molecule has 3 heterocycles. The minimum atomic E-state index is -4.50. The summed E-state index contributed by atoms with van der Waals surface area (Å²) in [5.74, 6) is 0.970. The van der Waals surface area contributed by atoms with E-state index in [4.69, 9.17) is 11.6 Å². The molecule has 0 saturated carbocycles. The van der Waals surface area contributed by atoms with Gasteiger partial charge in [0.25, 0.3) is 5.56 Å². The molecule has 2 atom stereocenters. The summed E-state index contributed by atoms with van der Waals surface area (Å²) in [7, 11) is 0. The number of nitrogens with one attached hydrogen (secondary N) is 1. The van der Waals surface area contributed by atoms with E-state index in [0.29, 0.717) is 22.2 Å². The second-order valence-corrected chi connectivity index (χ2v) is 5.88. The summed E-state index contributed by atoms with van der Waals surface area (Å²) in [5, 5.41) is 6.70. The molecule has 2 aliphatic heterocycles. The number of halogens is 4. The van der Waals surface area contributed by atoms with Crippen LogP contribution in [0.1, 0.15) is 0 Å². The number of fused-ring (bicyclic) bond motifs is 1. The van der Waals surface area contributed by atoms with Crippen LogP contribution in [0.25, 0.3) is 0 Å². The van der Waals surface area contributed by atoms with Gasteiger partial charge in [-0.25, -0.2) is 4.68 Å². The molecule has 1 aromatic heterocycles. The first-order chi connectivity index (χ1) is 9.85. The van der Waals surface area contributed by atoms with Crippen molar-refractivity contribution in [3.05, 3.63) is 21.6 Å². The highest BCUT2D eigenvalue weighted by molar-refractivity contribution is 6.33. The van der Waals surface area contributed by atoms with Crippen molar-refractivity contribution in [3.63, 3.8) is 0 Å². The molecule has 0 aliphatic carbocycles. The van der Waals surface area contributed by atoms with Gasteiger partial charge in [0.15, 0.2) is 0 Å². The highest BCUT2D eigenvalue weighted by atomic mass is 35.5. The maximum atomic E-state index is 12.4. The molecule has 0 radical (unpaired) electrons. The molecule has 0 amide bonds. The molecule has 116 valence electrons. The number of hydrogen-bond donors (Lipinski definition) is 1. The maximum absolute atomic E-state index is 12.4. The molecule has 0 bridgehead atoms. The first-order valence-corrected chi connectivity index (χ1v) is 7.01. The zero-order chi connectivity index (χ0) is 15.2. The van der Waals surface area contributed by atoms with Gasteiger partial charge in [-0.2, -0.15) is 18.3 Å². The highest BCUT2D eigenvalue weighted by Gasteiger charge is 2.37. The van der Waals surface area contributed by atoms with Crippen molar-refractivity contribution in [1.82, 2.24) is 15.1 Å². The second kappa shape index (κ2) is 5.17. The molecule has 0 unspecified atom stereocenters.